The van der Waals surface area contributed by atoms with Gasteiger partial charge in [0, 0.05) is 12.1 Å². The van der Waals surface area contributed by atoms with Gasteiger partial charge < -0.3 is 5.32 Å². The number of hydrogen-bond acceptors (Lipinski definition) is 4. The number of carbonyl (C=O) groups is 2. The summed E-state index contributed by atoms with van der Waals surface area (Å²) in [6, 6.07) is 3.61. The molecule has 0 spiro atoms. The van der Waals surface area contributed by atoms with Crippen molar-refractivity contribution in [2.45, 2.75) is 6.42 Å². The molecule has 0 saturated heterocycles. The van der Waals surface area contributed by atoms with E-state index in [0.717, 1.165) is 6.07 Å². The number of halogens is 2. The highest BCUT2D eigenvalue weighted by atomic mass is 35.5. The van der Waals surface area contributed by atoms with Crippen LogP contribution in [-0.2, 0) is 9.59 Å². The molecule has 1 aromatic rings. The van der Waals surface area contributed by atoms with Crippen LogP contribution in [0.25, 0.3) is 0 Å². The second-order valence-corrected chi connectivity index (χ2v) is 3.99. The van der Waals surface area contributed by atoms with Crippen molar-refractivity contribution < 1.29 is 14.5 Å². The topological polar surface area (TPSA) is 89.3 Å². The largest absolute Gasteiger partial charge is 0.324 e. The summed E-state index contributed by atoms with van der Waals surface area (Å²) in [5.74, 6) is -1.25. The molecule has 1 amide bonds. The summed E-state index contributed by atoms with van der Waals surface area (Å²) in [6.07, 6.45) is -0.364. The molecule has 8 heteroatoms. The number of rotatable bonds is 5. The fourth-order valence-electron chi connectivity index (χ4n) is 1.14. The van der Waals surface area contributed by atoms with Crippen molar-refractivity contribution in [3.8, 4) is 0 Å². The number of carbonyl (C=O) groups excluding carboxylic acids is 2. The van der Waals surface area contributed by atoms with E-state index in [-0.39, 0.29) is 28.7 Å². The average molecular weight is 291 g/mol. The molecular formula is C10H8Cl2N2O4. The molecule has 0 bridgehead atoms. The van der Waals surface area contributed by atoms with Gasteiger partial charge in [-0.25, -0.2) is 0 Å². The van der Waals surface area contributed by atoms with Crippen molar-refractivity contribution in [1.29, 1.82) is 0 Å². The van der Waals surface area contributed by atoms with Crippen LogP contribution in [-0.4, -0.2) is 22.5 Å². The monoisotopic (exact) mass is 290 g/mol. The number of benzene rings is 1. The minimum absolute atomic E-state index is 0.0240. The molecule has 1 N–H and O–H groups in total. The molecule has 6 nitrogen and oxygen atoms in total. The standard InChI is InChI=1S/C10H8Cl2N2O4/c11-5-7(15)4-10(16)13-9-2-1-6(14(17)18)3-8(9)12/h1-3H,4-5H2,(H,13,16). The molecule has 0 radical (unpaired) electrons. The first-order valence-corrected chi connectivity index (χ1v) is 5.66. The van der Waals surface area contributed by atoms with Crippen molar-refractivity contribution in [3.63, 3.8) is 0 Å². The first kappa shape index (κ1) is 14.4. The number of nitrogens with one attached hydrogen (secondary N) is 1. The molecule has 0 unspecified atom stereocenters. The molecule has 0 aliphatic heterocycles. The van der Waals surface area contributed by atoms with Gasteiger partial charge >= 0.3 is 0 Å². The van der Waals surface area contributed by atoms with Crippen LogP contribution < -0.4 is 5.32 Å². The summed E-state index contributed by atoms with van der Waals surface area (Å²) in [6.45, 7) is 0. The third kappa shape index (κ3) is 3.97. The molecule has 0 fully saturated rings. The molecule has 0 saturated carbocycles. The highest BCUT2D eigenvalue weighted by Crippen LogP contribution is 2.26. The van der Waals surface area contributed by atoms with Crippen molar-refractivity contribution in [1.82, 2.24) is 0 Å². The maximum absolute atomic E-state index is 11.4. The molecule has 0 aromatic heterocycles. The molecule has 18 heavy (non-hydrogen) atoms. The van der Waals surface area contributed by atoms with E-state index in [0.29, 0.717) is 0 Å². The number of alkyl halides is 1. The second kappa shape index (κ2) is 6.32. The Morgan fingerprint density at radius 1 is 1.39 bits per heavy atom. The first-order valence-electron chi connectivity index (χ1n) is 4.75. The fourth-order valence-corrected chi connectivity index (χ4v) is 1.46. The predicted molar refractivity (Wildman–Crippen MR) is 67.1 cm³/mol. The van der Waals surface area contributed by atoms with Crippen LogP contribution in [0.1, 0.15) is 6.42 Å². The number of Topliss-reactive ketones (excluding diaryl/α,β-unsaturated/α-hetero) is 1. The first-order chi connectivity index (χ1) is 8.43. The van der Waals surface area contributed by atoms with Crippen molar-refractivity contribution in [2.75, 3.05) is 11.2 Å². The molecule has 1 rings (SSSR count). The lowest BCUT2D eigenvalue weighted by Gasteiger charge is -2.05. The predicted octanol–water partition coefficient (Wildman–Crippen LogP) is 2.38. The number of anilines is 1. The maximum Gasteiger partial charge on any atom is 0.271 e. The summed E-state index contributed by atoms with van der Waals surface area (Å²) < 4.78 is 0. The van der Waals surface area contributed by atoms with E-state index in [9.17, 15) is 19.7 Å². The summed E-state index contributed by atoms with van der Waals surface area (Å²) in [5.41, 5.74) is 0.0180. The summed E-state index contributed by atoms with van der Waals surface area (Å²) in [5, 5.41) is 12.9. The Kier molecular flexibility index (Phi) is 5.06. The molecule has 1 aromatic carbocycles. The zero-order chi connectivity index (χ0) is 13.7. The highest BCUT2D eigenvalue weighted by molar-refractivity contribution is 6.34. The Bertz CT molecular complexity index is 505. The van der Waals surface area contributed by atoms with Gasteiger partial charge in [-0.05, 0) is 6.07 Å². The third-order valence-electron chi connectivity index (χ3n) is 1.94. The van der Waals surface area contributed by atoms with E-state index in [1.165, 1.54) is 12.1 Å². The number of non-ortho nitro benzene ring substituents is 1. The molecule has 0 aliphatic carbocycles. The fraction of sp³-hybridized carbons (Fsp3) is 0.200. The van der Waals surface area contributed by atoms with Gasteiger partial charge in [-0.3, -0.25) is 19.7 Å². The van der Waals surface area contributed by atoms with Gasteiger partial charge in [0.2, 0.25) is 5.91 Å². The molecule has 0 aliphatic rings. The lowest BCUT2D eigenvalue weighted by molar-refractivity contribution is -0.384. The molecular weight excluding hydrogens is 283 g/mol. The van der Waals surface area contributed by atoms with Crippen LogP contribution in [0.2, 0.25) is 5.02 Å². The van der Waals surface area contributed by atoms with E-state index >= 15 is 0 Å². The van der Waals surface area contributed by atoms with Crippen LogP contribution in [0.4, 0.5) is 11.4 Å². The van der Waals surface area contributed by atoms with Gasteiger partial charge in [-0.15, -0.1) is 11.6 Å². The van der Waals surface area contributed by atoms with Crippen LogP contribution >= 0.6 is 23.2 Å². The van der Waals surface area contributed by atoms with E-state index in [1.807, 2.05) is 0 Å². The van der Waals surface area contributed by atoms with Gasteiger partial charge in [0.25, 0.3) is 5.69 Å². The minimum Gasteiger partial charge on any atom is -0.324 e. The van der Waals surface area contributed by atoms with E-state index < -0.39 is 16.6 Å². The van der Waals surface area contributed by atoms with Crippen molar-refractivity contribution >= 4 is 46.3 Å². The minimum atomic E-state index is -0.603. The Balaban J connectivity index is 2.77. The zero-order valence-electron chi connectivity index (χ0n) is 8.98. The van der Waals surface area contributed by atoms with Gasteiger partial charge in [0.1, 0.15) is 0 Å². The van der Waals surface area contributed by atoms with Crippen molar-refractivity contribution in [3.05, 3.63) is 33.3 Å². The summed E-state index contributed by atoms with van der Waals surface area (Å²) >= 11 is 11.0. The van der Waals surface area contributed by atoms with Gasteiger partial charge in [0.05, 0.1) is 27.9 Å². The number of nitro groups is 1. The number of hydrogen-bond donors (Lipinski definition) is 1. The summed E-state index contributed by atoms with van der Waals surface area (Å²) in [4.78, 5) is 32.2. The SMILES string of the molecule is O=C(CCl)CC(=O)Nc1ccc([N+](=O)[O-])cc1Cl. The Labute approximate surface area is 112 Å². The van der Waals surface area contributed by atoms with Gasteiger partial charge in [0.15, 0.2) is 5.78 Å². The van der Waals surface area contributed by atoms with Crippen molar-refractivity contribution in [2.24, 2.45) is 0 Å². The zero-order valence-corrected chi connectivity index (χ0v) is 10.5. The Morgan fingerprint density at radius 2 is 2.06 bits per heavy atom. The lowest BCUT2D eigenvalue weighted by Crippen LogP contribution is -2.17. The van der Waals surface area contributed by atoms with Gasteiger partial charge in [-0.1, -0.05) is 11.6 Å². The number of nitro benzene ring substituents is 1. The van der Waals surface area contributed by atoms with E-state index in [2.05, 4.69) is 5.32 Å². The number of ketones is 1. The normalized spacial score (nSPS) is 9.89. The number of amides is 1. The van der Waals surface area contributed by atoms with Gasteiger partial charge in [-0.2, -0.15) is 0 Å². The highest BCUT2D eigenvalue weighted by Gasteiger charge is 2.13. The number of nitrogens with zero attached hydrogens (tertiary/aromatic N) is 1. The third-order valence-corrected chi connectivity index (χ3v) is 2.56. The molecule has 0 atom stereocenters. The smallest absolute Gasteiger partial charge is 0.271 e. The van der Waals surface area contributed by atoms with E-state index in [1.54, 1.807) is 0 Å². The Morgan fingerprint density at radius 3 is 2.56 bits per heavy atom. The Hall–Kier alpha value is -1.66. The van der Waals surface area contributed by atoms with Crippen LogP contribution in [0.15, 0.2) is 18.2 Å². The van der Waals surface area contributed by atoms with E-state index in [4.69, 9.17) is 23.2 Å². The van der Waals surface area contributed by atoms with Crippen LogP contribution in [0, 0.1) is 10.1 Å². The molecule has 96 valence electrons. The maximum atomic E-state index is 11.4. The average Bonchev–Trinajstić information content (AvgIpc) is 2.31. The quantitative estimate of drug-likeness (QED) is 0.390. The molecule has 0 heterocycles. The van der Waals surface area contributed by atoms with Crippen LogP contribution in [0.3, 0.4) is 0 Å². The summed E-state index contributed by atoms with van der Waals surface area (Å²) in [7, 11) is 0. The lowest BCUT2D eigenvalue weighted by atomic mass is 10.2. The second-order valence-electron chi connectivity index (χ2n) is 3.32. The van der Waals surface area contributed by atoms with Crippen LogP contribution in [0.5, 0.6) is 0 Å².